The van der Waals surface area contributed by atoms with Gasteiger partial charge in [-0.05, 0) is 35.2 Å². The Bertz CT molecular complexity index is 587. The van der Waals surface area contributed by atoms with Gasteiger partial charge in [0.15, 0.2) is 0 Å². The van der Waals surface area contributed by atoms with E-state index in [-0.39, 0.29) is 5.97 Å². The second-order valence-electron chi connectivity index (χ2n) is 5.16. The molecule has 0 heterocycles. The van der Waals surface area contributed by atoms with Crippen molar-refractivity contribution in [1.82, 2.24) is 0 Å². The van der Waals surface area contributed by atoms with Gasteiger partial charge < -0.3 is 4.74 Å². The van der Waals surface area contributed by atoms with Crippen LogP contribution in [0.5, 0.6) is 0 Å². The average Bonchev–Trinajstić information content (AvgIpc) is 2.50. The van der Waals surface area contributed by atoms with E-state index in [9.17, 15) is 4.79 Å². The highest BCUT2D eigenvalue weighted by molar-refractivity contribution is 6.04. The summed E-state index contributed by atoms with van der Waals surface area (Å²) >= 11 is 0. The topological polar surface area (TPSA) is 26.3 Å². The fourth-order valence-corrected chi connectivity index (χ4v) is 2.53. The van der Waals surface area contributed by atoms with Crippen molar-refractivity contribution in [3.8, 4) is 0 Å². The monoisotopic (exact) mass is 270 g/mol. The van der Waals surface area contributed by atoms with Crippen LogP contribution in [0.4, 0.5) is 0 Å². The zero-order valence-corrected chi connectivity index (χ0v) is 12.3. The molecule has 2 rings (SSSR count). The molecular weight excluding hydrogens is 248 g/mol. The minimum Gasteiger partial charge on any atom is -0.465 e. The van der Waals surface area contributed by atoms with Gasteiger partial charge in [-0.1, -0.05) is 56.5 Å². The predicted octanol–water partition coefficient (Wildman–Crippen LogP) is 4.75. The van der Waals surface area contributed by atoms with Crippen LogP contribution < -0.4 is 0 Å². The van der Waals surface area contributed by atoms with Crippen molar-refractivity contribution in [3.05, 3.63) is 47.5 Å². The molecule has 0 aliphatic heterocycles. The average molecular weight is 270 g/mol. The van der Waals surface area contributed by atoms with E-state index in [1.165, 1.54) is 38.4 Å². The van der Waals surface area contributed by atoms with Gasteiger partial charge in [-0.15, -0.1) is 0 Å². The van der Waals surface area contributed by atoms with E-state index in [0.29, 0.717) is 5.56 Å². The number of ether oxygens (including phenoxy) is 1. The first-order valence-corrected chi connectivity index (χ1v) is 7.36. The van der Waals surface area contributed by atoms with Gasteiger partial charge in [0.1, 0.15) is 0 Å². The second kappa shape index (κ2) is 7.09. The summed E-state index contributed by atoms with van der Waals surface area (Å²) in [5.74, 6) is -0.272. The van der Waals surface area contributed by atoms with E-state index in [2.05, 4.69) is 25.1 Å². The van der Waals surface area contributed by atoms with Gasteiger partial charge in [-0.3, -0.25) is 0 Å². The van der Waals surface area contributed by atoms with Crippen LogP contribution in [0.3, 0.4) is 0 Å². The highest BCUT2D eigenvalue weighted by Crippen LogP contribution is 2.22. The lowest BCUT2D eigenvalue weighted by molar-refractivity contribution is 0.0603. The van der Waals surface area contributed by atoms with Crippen molar-refractivity contribution < 1.29 is 9.53 Å². The van der Waals surface area contributed by atoms with Gasteiger partial charge >= 0.3 is 5.97 Å². The van der Waals surface area contributed by atoms with Crippen LogP contribution in [0.25, 0.3) is 10.8 Å². The number of rotatable bonds is 6. The summed E-state index contributed by atoms with van der Waals surface area (Å²) in [7, 11) is 1.42. The number of carbonyl (C=O) groups excluding carboxylic acids is 1. The minimum atomic E-state index is -0.272. The van der Waals surface area contributed by atoms with Crippen LogP contribution in [0.2, 0.25) is 0 Å². The van der Waals surface area contributed by atoms with Gasteiger partial charge in [-0.25, -0.2) is 4.79 Å². The molecule has 0 fully saturated rings. The van der Waals surface area contributed by atoms with Gasteiger partial charge in [0, 0.05) is 0 Å². The van der Waals surface area contributed by atoms with Crippen LogP contribution in [0.15, 0.2) is 36.4 Å². The lowest BCUT2D eigenvalue weighted by Gasteiger charge is -2.07. The van der Waals surface area contributed by atoms with Crippen molar-refractivity contribution in [2.75, 3.05) is 7.11 Å². The summed E-state index contributed by atoms with van der Waals surface area (Å²) in [6.07, 6.45) is 6.20. The molecule has 20 heavy (non-hydrogen) atoms. The lowest BCUT2D eigenvalue weighted by atomic mass is 9.99. The summed E-state index contributed by atoms with van der Waals surface area (Å²) < 4.78 is 4.83. The predicted molar refractivity (Wildman–Crippen MR) is 83.1 cm³/mol. The minimum absolute atomic E-state index is 0.272. The van der Waals surface area contributed by atoms with E-state index >= 15 is 0 Å². The number of methoxy groups -OCH3 is 1. The summed E-state index contributed by atoms with van der Waals surface area (Å²) in [5, 5.41) is 2.08. The van der Waals surface area contributed by atoms with Gasteiger partial charge in [0.05, 0.1) is 12.7 Å². The number of carbonyl (C=O) groups is 1. The molecule has 0 saturated carbocycles. The van der Waals surface area contributed by atoms with Crippen molar-refractivity contribution in [2.45, 2.75) is 39.0 Å². The van der Waals surface area contributed by atoms with E-state index in [1.54, 1.807) is 0 Å². The molecule has 0 aliphatic rings. The number of hydrogen-bond donors (Lipinski definition) is 0. The maximum absolute atomic E-state index is 11.7. The Balaban J connectivity index is 2.20. The Morgan fingerprint density at radius 3 is 2.70 bits per heavy atom. The molecule has 2 heteroatoms. The number of fused-ring (bicyclic) bond motifs is 1. The van der Waals surface area contributed by atoms with Gasteiger partial charge in [-0.2, -0.15) is 0 Å². The third-order valence-electron chi connectivity index (χ3n) is 3.67. The maximum Gasteiger partial charge on any atom is 0.338 e. The van der Waals surface area contributed by atoms with Crippen molar-refractivity contribution >= 4 is 16.7 Å². The molecule has 2 aromatic carbocycles. The van der Waals surface area contributed by atoms with Crippen molar-refractivity contribution in [1.29, 1.82) is 0 Å². The molecule has 106 valence electrons. The molecule has 0 N–H and O–H groups in total. The third-order valence-corrected chi connectivity index (χ3v) is 3.67. The zero-order valence-electron chi connectivity index (χ0n) is 12.3. The first-order valence-electron chi connectivity index (χ1n) is 7.36. The van der Waals surface area contributed by atoms with Gasteiger partial charge in [0.2, 0.25) is 0 Å². The highest BCUT2D eigenvalue weighted by atomic mass is 16.5. The molecule has 0 bridgehead atoms. The highest BCUT2D eigenvalue weighted by Gasteiger charge is 2.09. The Labute approximate surface area is 120 Å². The Hall–Kier alpha value is -1.83. The molecule has 0 saturated heterocycles. The number of esters is 1. The van der Waals surface area contributed by atoms with Crippen LogP contribution in [-0.4, -0.2) is 13.1 Å². The van der Waals surface area contributed by atoms with Crippen LogP contribution >= 0.6 is 0 Å². The molecule has 0 amide bonds. The molecule has 0 atom stereocenters. The maximum atomic E-state index is 11.7. The van der Waals surface area contributed by atoms with E-state index in [0.717, 1.165) is 17.2 Å². The van der Waals surface area contributed by atoms with E-state index in [1.807, 2.05) is 18.2 Å². The molecule has 0 aromatic heterocycles. The standard InChI is InChI=1S/C18H22O2/c1-3-4-5-6-8-14-11-12-16-15(13-14)9-7-10-17(16)18(19)20-2/h7,9-13H,3-6,8H2,1-2H3. The van der Waals surface area contributed by atoms with Crippen molar-refractivity contribution in [2.24, 2.45) is 0 Å². The van der Waals surface area contributed by atoms with Gasteiger partial charge in [0.25, 0.3) is 0 Å². The second-order valence-corrected chi connectivity index (χ2v) is 5.16. The fraction of sp³-hybridized carbons (Fsp3) is 0.389. The summed E-state index contributed by atoms with van der Waals surface area (Å²) in [6.45, 7) is 2.23. The van der Waals surface area contributed by atoms with Crippen LogP contribution in [-0.2, 0) is 11.2 Å². The Kier molecular flexibility index (Phi) is 5.16. The van der Waals surface area contributed by atoms with E-state index in [4.69, 9.17) is 4.74 Å². The normalized spacial score (nSPS) is 10.7. The van der Waals surface area contributed by atoms with Crippen LogP contribution in [0, 0.1) is 0 Å². The lowest BCUT2D eigenvalue weighted by Crippen LogP contribution is -2.01. The molecule has 2 nitrogen and oxygen atoms in total. The number of benzene rings is 2. The number of unbranched alkanes of at least 4 members (excludes halogenated alkanes) is 3. The quantitative estimate of drug-likeness (QED) is 0.559. The molecule has 0 radical (unpaired) electrons. The summed E-state index contributed by atoms with van der Waals surface area (Å²) in [5.41, 5.74) is 1.98. The Morgan fingerprint density at radius 2 is 1.95 bits per heavy atom. The molecule has 0 aliphatic carbocycles. The Morgan fingerprint density at radius 1 is 1.10 bits per heavy atom. The summed E-state index contributed by atoms with van der Waals surface area (Å²) in [4.78, 5) is 11.7. The SMILES string of the molecule is CCCCCCc1ccc2c(C(=O)OC)cccc2c1. The number of aryl methyl sites for hydroxylation is 1. The van der Waals surface area contributed by atoms with Crippen molar-refractivity contribution in [3.63, 3.8) is 0 Å². The molecule has 2 aromatic rings. The largest absolute Gasteiger partial charge is 0.465 e. The molecule has 0 spiro atoms. The molecule has 0 unspecified atom stereocenters. The number of hydrogen-bond acceptors (Lipinski definition) is 2. The smallest absolute Gasteiger partial charge is 0.338 e. The first-order chi connectivity index (χ1) is 9.76. The fourth-order valence-electron chi connectivity index (χ4n) is 2.53. The van der Waals surface area contributed by atoms with Crippen LogP contribution in [0.1, 0.15) is 48.5 Å². The van der Waals surface area contributed by atoms with E-state index < -0.39 is 0 Å². The summed E-state index contributed by atoms with van der Waals surface area (Å²) in [6, 6.07) is 12.1. The first kappa shape index (κ1) is 14.6. The molecular formula is C18H22O2. The zero-order chi connectivity index (χ0) is 14.4. The third kappa shape index (κ3) is 3.38.